The normalized spacial score (nSPS) is 12.7. The summed E-state index contributed by atoms with van der Waals surface area (Å²) >= 11 is 0. The number of allylic oxidation sites excluding steroid dienone is 1. The maximum absolute atomic E-state index is 12.1. The fourth-order valence-corrected chi connectivity index (χ4v) is 2.74. The maximum Gasteiger partial charge on any atom is 0.421 e. The predicted octanol–water partition coefficient (Wildman–Crippen LogP) is 3.40. The van der Waals surface area contributed by atoms with Crippen molar-refractivity contribution >= 4 is 16.1 Å². The number of benzene rings is 1. The minimum Gasteiger partial charge on any atom is -0.445 e. The molecule has 0 fully saturated rings. The van der Waals surface area contributed by atoms with Gasteiger partial charge in [0.05, 0.1) is 4.90 Å². The molecular formula is C16H23NO4S. The van der Waals surface area contributed by atoms with Gasteiger partial charge in [0.25, 0.3) is 10.0 Å². The van der Waals surface area contributed by atoms with E-state index < -0.39 is 16.1 Å². The molecule has 0 saturated heterocycles. The van der Waals surface area contributed by atoms with Crippen LogP contribution in [0, 0.1) is 12.8 Å². The van der Waals surface area contributed by atoms with E-state index in [1.807, 2.05) is 25.5 Å². The first kappa shape index (κ1) is 18.2. The van der Waals surface area contributed by atoms with E-state index >= 15 is 0 Å². The fraction of sp³-hybridized carbons (Fsp3) is 0.438. The quantitative estimate of drug-likeness (QED) is 0.780. The lowest BCUT2D eigenvalue weighted by molar-refractivity contribution is 0.0706. The van der Waals surface area contributed by atoms with Crippen LogP contribution < -0.4 is 4.72 Å². The Hall–Kier alpha value is -1.82. The number of ether oxygens (including phenoxy) is 1. The number of hydrogen-bond acceptors (Lipinski definition) is 4. The van der Waals surface area contributed by atoms with Gasteiger partial charge in [0.2, 0.25) is 0 Å². The van der Waals surface area contributed by atoms with Crippen molar-refractivity contribution in [2.45, 2.75) is 44.6 Å². The Labute approximate surface area is 132 Å². The zero-order valence-electron chi connectivity index (χ0n) is 13.2. The summed E-state index contributed by atoms with van der Waals surface area (Å²) in [5, 5.41) is 0. The molecule has 1 aromatic rings. The summed E-state index contributed by atoms with van der Waals surface area (Å²) < 4.78 is 31.3. The molecule has 22 heavy (non-hydrogen) atoms. The van der Waals surface area contributed by atoms with Gasteiger partial charge in [-0.15, -0.1) is 6.58 Å². The van der Waals surface area contributed by atoms with E-state index in [1.165, 1.54) is 12.1 Å². The SMILES string of the molecule is C=CCCC(OC(=O)NS(=O)(=O)c1ccc(C)cc1)C(C)C. The van der Waals surface area contributed by atoms with Crippen LogP contribution in [0.2, 0.25) is 0 Å². The molecule has 0 heterocycles. The summed E-state index contributed by atoms with van der Waals surface area (Å²) in [6.07, 6.45) is 1.73. The van der Waals surface area contributed by atoms with Gasteiger partial charge >= 0.3 is 6.09 Å². The highest BCUT2D eigenvalue weighted by atomic mass is 32.2. The smallest absolute Gasteiger partial charge is 0.421 e. The zero-order chi connectivity index (χ0) is 16.8. The van der Waals surface area contributed by atoms with Gasteiger partial charge in [0.1, 0.15) is 6.10 Å². The second-order valence-corrected chi connectivity index (χ2v) is 7.15. The van der Waals surface area contributed by atoms with Crippen molar-refractivity contribution in [3.05, 3.63) is 42.5 Å². The number of rotatable bonds is 7. The Morgan fingerprint density at radius 2 is 1.91 bits per heavy atom. The first-order valence-corrected chi connectivity index (χ1v) is 8.65. The van der Waals surface area contributed by atoms with Gasteiger partial charge in [-0.2, -0.15) is 0 Å². The molecule has 0 spiro atoms. The van der Waals surface area contributed by atoms with Gasteiger partial charge in [0.15, 0.2) is 0 Å². The molecule has 6 heteroatoms. The van der Waals surface area contributed by atoms with Crippen molar-refractivity contribution in [2.24, 2.45) is 5.92 Å². The molecule has 1 aromatic carbocycles. The second kappa shape index (κ2) is 7.98. The number of sulfonamides is 1. The van der Waals surface area contributed by atoms with Crippen LogP contribution >= 0.6 is 0 Å². The number of amides is 1. The summed E-state index contributed by atoms with van der Waals surface area (Å²) in [6.45, 7) is 9.30. The molecule has 5 nitrogen and oxygen atoms in total. The lowest BCUT2D eigenvalue weighted by Gasteiger charge is -2.21. The maximum atomic E-state index is 12.1. The second-order valence-electron chi connectivity index (χ2n) is 5.47. The topological polar surface area (TPSA) is 72.5 Å². The zero-order valence-corrected chi connectivity index (χ0v) is 14.0. The average Bonchev–Trinajstić information content (AvgIpc) is 2.43. The van der Waals surface area contributed by atoms with Gasteiger partial charge in [-0.1, -0.05) is 37.6 Å². The standard InChI is InChI=1S/C16H23NO4S/c1-5-6-7-15(12(2)3)21-16(18)17-22(19,20)14-10-8-13(4)9-11-14/h5,8-12,15H,1,6-7H2,2-4H3,(H,17,18). The Balaban J connectivity index is 2.73. The summed E-state index contributed by atoms with van der Waals surface area (Å²) in [5.74, 6) is 0.0905. The number of carbonyl (C=O) groups is 1. The third-order valence-electron chi connectivity index (χ3n) is 3.21. The highest BCUT2D eigenvalue weighted by molar-refractivity contribution is 7.90. The average molecular weight is 325 g/mol. The minimum absolute atomic E-state index is 0.0299. The molecule has 0 bridgehead atoms. The Morgan fingerprint density at radius 1 is 1.32 bits per heavy atom. The first-order chi connectivity index (χ1) is 10.3. The largest absolute Gasteiger partial charge is 0.445 e. The van der Waals surface area contributed by atoms with Gasteiger partial charge in [-0.05, 0) is 37.8 Å². The number of aryl methyl sites for hydroxylation is 1. The van der Waals surface area contributed by atoms with Crippen LogP contribution in [-0.2, 0) is 14.8 Å². The molecule has 1 amide bonds. The highest BCUT2D eigenvalue weighted by Gasteiger charge is 2.22. The van der Waals surface area contributed by atoms with Crippen LogP contribution in [0.1, 0.15) is 32.3 Å². The third kappa shape index (κ3) is 5.52. The van der Waals surface area contributed by atoms with Gasteiger partial charge < -0.3 is 4.74 Å². The van der Waals surface area contributed by atoms with Crippen molar-refractivity contribution in [1.29, 1.82) is 0 Å². The van der Waals surface area contributed by atoms with E-state index in [0.717, 1.165) is 5.56 Å². The van der Waals surface area contributed by atoms with Crippen LogP contribution in [0.15, 0.2) is 41.8 Å². The predicted molar refractivity (Wildman–Crippen MR) is 86.0 cm³/mol. The Kier molecular flexibility index (Phi) is 6.61. The molecule has 0 aromatic heterocycles. The lowest BCUT2D eigenvalue weighted by atomic mass is 10.0. The fourth-order valence-electron chi connectivity index (χ4n) is 1.86. The van der Waals surface area contributed by atoms with E-state index in [4.69, 9.17) is 4.74 Å². The van der Waals surface area contributed by atoms with Crippen molar-refractivity contribution in [2.75, 3.05) is 0 Å². The third-order valence-corrected chi connectivity index (χ3v) is 4.53. The highest BCUT2D eigenvalue weighted by Crippen LogP contribution is 2.15. The summed E-state index contributed by atoms with van der Waals surface area (Å²) in [7, 11) is -3.91. The van der Waals surface area contributed by atoms with E-state index in [9.17, 15) is 13.2 Å². The van der Waals surface area contributed by atoms with E-state index in [-0.39, 0.29) is 16.9 Å². The molecule has 0 aliphatic carbocycles. The monoisotopic (exact) mass is 325 g/mol. The van der Waals surface area contributed by atoms with Crippen LogP contribution in [0.5, 0.6) is 0 Å². The Bertz CT molecular complexity index is 606. The first-order valence-electron chi connectivity index (χ1n) is 7.17. The molecule has 0 aliphatic heterocycles. The van der Waals surface area contributed by atoms with Crippen LogP contribution in [0.4, 0.5) is 4.79 Å². The minimum atomic E-state index is -3.91. The molecule has 1 atom stereocenters. The summed E-state index contributed by atoms with van der Waals surface area (Å²) in [5.41, 5.74) is 0.936. The van der Waals surface area contributed by atoms with Crippen molar-refractivity contribution in [3.8, 4) is 0 Å². The summed E-state index contributed by atoms with van der Waals surface area (Å²) in [4.78, 5) is 11.9. The summed E-state index contributed by atoms with van der Waals surface area (Å²) in [6, 6.07) is 6.23. The van der Waals surface area contributed by atoms with Gasteiger partial charge in [-0.25, -0.2) is 17.9 Å². The van der Waals surface area contributed by atoms with Crippen LogP contribution in [-0.4, -0.2) is 20.6 Å². The molecule has 0 aliphatic rings. The van der Waals surface area contributed by atoms with E-state index in [1.54, 1.807) is 18.2 Å². The van der Waals surface area contributed by atoms with Crippen LogP contribution in [0.25, 0.3) is 0 Å². The lowest BCUT2D eigenvalue weighted by Crippen LogP contribution is -2.35. The molecule has 1 rings (SSSR count). The van der Waals surface area contributed by atoms with Crippen LogP contribution in [0.3, 0.4) is 0 Å². The molecule has 1 N–H and O–H groups in total. The van der Waals surface area contributed by atoms with Crippen molar-refractivity contribution in [3.63, 3.8) is 0 Å². The number of nitrogens with one attached hydrogen (secondary N) is 1. The number of hydrogen-bond donors (Lipinski definition) is 1. The van der Waals surface area contributed by atoms with Crippen molar-refractivity contribution < 1.29 is 17.9 Å². The molecule has 0 radical (unpaired) electrons. The molecular weight excluding hydrogens is 302 g/mol. The Morgan fingerprint density at radius 3 is 2.41 bits per heavy atom. The molecule has 1 unspecified atom stereocenters. The van der Waals surface area contributed by atoms with Gasteiger partial charge in [-0.3, -0.25) is 0 Å². The molecule has 122 valence electrons. The van der Waals surface area contributed by atoms with Crippen molar-refractivity contribution in [1.82, 2.24) is 4.72 Å². The number of carbonyl (C=O) groups excluding carboxylic acids is 1. The van der Waals surface area contributed by atoms with Gasteiger partial charge in [0, 0.05) is 0 Å². The van der Waals surface area contributed by atoms with E-state index in [0.29, 0.717) is 12.8 Å². The van der Waals surface area contributed by atoms with E-state index in [2.05, 4.69) is 6.58 Å². The molecule has 0 saturated carbocycles.